The van der Waals surface area contributed by atoms with Gasteiger partial charge in [0.1, 0.15) is 5.75 Å². The Hall–Kier alpha value is -1.92. The molecule has 1 aromatic heterocycles. The van der Waals surface area contributed by atoms with Gasteiger partial charge >= 0.3 is 0 Å². The van der Waals surface area contributed by atoms with E-state index in [2.05, 4.69) is 25.3 Å². The van der Waals surface area contributed by atoms with Gasteiger partial charge in [-0.15, -0.1) is 11.8 Å². The van der Waals surface area contributed by atoms with Crippen molar-refractivity contribution in [2.45, 2.75) is 37.1 Å². The van der Waals surface area contributed by atoms with E-state index in [0.717, 1.165) is 16.9 Å². The quantitative estimate of drug-likeness (QED) is 0.762. The summed E-state index contributed by atoms with van der Waals surface area (Å²) in [5.41, 5.74) is 2.24. The Morgan fingerprint density at radius 3 is 2.76 bits per heavy atom. The monoisotopic (exact) mass is 359 g/mol. The number of hydrogen-bond acceptors (Lipinski definition) is 5. The van der Waals surface area contributed by atoms with E-state index < -0.39 is 5.79 Å². The molecule has 25 heavy (non-hydrogen) atoms. The maximum Gasteiger partial charge on any atom is 0.289 e. The predicted molar refractivity (Wildman–Crippen MR) is 95.0 cm³/mol. The summed E-state index contributed by atoms with van der Waals surface area (Å²) in [5.74, 6) is 0.623. The summed E-state index contributed by atoms with van der Waals surface area (Å²) in [6, 6.07) is 7.71. The standard InChI is InChI=1S/C19H21NO4S/c1-13-10-15(25-2)11-14-12-23-19(24-17(13)14)5-7-20(8-6-19)18(21)16-4-3-9-22-16/h3-4,9-11H,5-8,12H2,1-2H3. The number of carbonyl (C=O) groups excluding carboxylic acids is 1. The molecule has 1 amide bonds. The molecule has 1 aromatic carbocycles. The Morgan fingerprint density at radius 2 is 2.08 bits per heavy atom. The number of carbonyl (C=O) groups is 1. The average molecular weight is 359 g/mol. The maximum absolute atomic E-state index is 12.4. The fourth-order valence-electron chi connectivity index (χ4n) is 3.46. The second kappa shape index (κ2) is 6.42. The Bertz CT molecular complexity index is 779. The number of aryl methyl sites for hydroxylation is 1. The van der Waals surface area contributed by atoms with Crippen LogP contribution >= 0.6 is 11.8 Å². The van der Waals surface area contributed by atoms with Crippen LogP contribution < -0.4 is 4.74 Å². The molecule has 1 saturated heterocycles. The van der Waals surface area contributed by atoms with E-state index in [0.29, 0.717) is 38.3 Å². The molecule has 2 aliphatic heterocycles. The molecular formula is C19H21NO4S. The van der Waals surface area contributed by atoms with E-state index >= 15 is 0 Å². The first-order chi connectivity index (χ1) is 12.1. The van der Waals surface area contributed by atoms with Gasteiger partial charge in [-0.3, -0.25) is 4.79 Å². The molecular weight excluding hydrogens is 338 g/mol. The van der Waals surface area contributed by atoms with Crippen LogP contribution in [0.5, 0.6) is 5.75 Å². The van der Waals surface area contributed by atoms with Crippen LogP contribution in [-0.2, 0) is 11.3 Å². The van der Waals surface area contributed by atoms with Crippen molar-refractivity contribution in [3.63, 3.8) is 0 Å². The van der Waals surface area contributed by atoms with Gasteiger partial charge in [0, 0.05) is 36.4 Å². The van der Waals surface area contributed by atoms with Crippen molar-refractivity contribution in [3.05, 3.63) is 47.4 Å². The van der Waals surface area contributed by atoms with Gasteiger partial charge < -0.3 is 18.8 Å². The summed E-state index contributed by atoms with van der Waals surface area (Å²) in [6.45, 7) is 3.82. The predicted octanol–water partition coefficient (Wildman–Crippen LogP) is 3.85. The van der Waals surface area contributed by atoms with Crippen molar-refractivity contribution in [2.75, 3.05) is 19.3 Å². The van der Waals surface area contributed by atoms with Crippen LogP contribution in [0.4, 0.5) is 0 Å². The zero-order valence-electron chi connectivity index (χ0n) is 14.4. The second-order valence-corrected chi connectivity index (χ2v) is 7.38. The highest BCUT2D eigenvalue weighted by Crippen LogP contribution is 2.41. The maximum atomic E-state index is 12.4. The number of hydrogen-bond donors (Lipinski definition) is 0. The van der Waals surface area contributed by atoms with E-state index in [9.17, 15) is 4.79 Å². The van der Waals surface area contributed by atoms with E-state index in [-0.39, 0.29) is 5.91 Å². The lowest BCUT2D eigenvalue weighted by Crippen LogP contribution is -2.52. The highest BCUT2D eigenvalue weighted by atomic mass is 32.2. The molecule has 4 rings (SSSR count). The third-order valence-electron chi connectivity index (χ3n) is 4.88. The van der Waals surface area contributed by atoms with Crippen LogP contribution in [0, 0.1) is 6.92 Å². The molecule has 5 nitrogen and oxygen atoms in total. The van der Waals surface area contributed by atoms with Gasteiger partial charge in [0.05, 0.1) is 12.9 Å². The molecule has 2 aromatic rings. The summed E-state index contributed by atoms with van der Waals surface area (Å²) in [7, 11) is 0. The van der Waals surface area contributed by atoms with E-state index in [1.165, 1.54) is 11.2 Å². The number of furan rings is 1. The minimum absolute atomic E-state index is 0.0724. The van der Waals surface area contributed by atoms with Gasteiger partial charge in [-0.1, -0.05) is 0 Å². The smallest absolute Gasteiger partial charge is 0.289 e. The highest BCUT2D eigenvalue weighted by Gasteiger charge is 2.42. The number of rotatable bonds is 2. The van der Waals surface area contributed by atoms with E-state index in [1.54, 1.807) is 28.8 Å². The van der Waals surface area contributed by atoms with Crippen molar-refractivity contribution in [3.8, 4) is 5.75 Å². The lowest BCUT2D eigenvalue weighted by atomic mass is 10.00. The largest absolute Gasteiger partial charge is 0.462 e. The number of ether oxygens (including phenoxy) is 2. The summed E-state index contributed by atoms with van der Waals surface area (Å²) in [4.78, 5) is 15.4. The van der Waals surface area contributed by atoms with Crippen molar-refractivity contribution in [1.82, 2.24) is 4.90 Å². The topological polar surface area (TPSA) is 51.9 Å². The number of nitrogens with zero attached hydrogens (tertiary/aromatic N) is 1. The fourth-order valence-corrected chi connectivity index (χ4v) is 4.01. The molecule has 0 bridgehead atoms. The van der Waals surface area contributed by atoms with Crippen LogP contribution in [0.1, 0.15) is 34.5 Å². The first kappa shape index (κ1) is 16.5. The zero-order valence-corrected chi connectivity index (χ0v) is 15.2. The number of thioether (sulfide) groups is 1. The molecule has 0 aliphatic carbocycles. The van der Waals surface area contributed by atoms with Crippen LogP contribution in [0.25, 0.3) is 0 Å². The molecule has 132 valence electrons. The molecule has 1 fully saturated rings. The number of benzene rings is 1. The SMILES string of the molecule is CSc1cc(C)c2c(c1)COC1(CCN(C(=O)c3ccco3)CC1)O2. The first-order valence-electron chi connectivity index (χ1n) is 8.43. The number of fused-ring (bicyclic) bond motifs is 1. The Morgan fingerprint density at radius 1 is 1.28 bits per heavy atom. The van der Waals surface area contributed by atoms with Gasteiger partial charge in [0.15, 0.2) is 5.76 Å². The Balaban J connectivity index is 1.48. The van der Waals surface area contributed by atoms with Crippen molar-refractivity contribution in [1.29, 1.82) is 0 Å². The molecule has 3 heterocycles. The van der Waals surface area contributed by atoms with Gasteiger partial charge in [-0.25, -0.2) is 0 Å². The second-order valence-electron chi connectivity index (χ2n) is 6.50. The van der Waals surface area contributed by atoms with Crippen LogP contribution in [0.3, 0.4) is 0 Å². The van der Waals surface area contributed by atoms with Crippen LogP contribution in [0.2, 0.25) is 0 Å². The van der Waals surface area contributed by atoms with Crippen molar-refractivity contribution < 1.29 is 18.7 Å². The minimum atomic E-state index is -0.626. The molecule has 6 heteroatoms. The molecule has 0 atom stereocenters. The number of amides is 1. The average Bonchev–Trinajstić information content (AvgIpc) is 3.17. The molecule has 0 saturated carbocycles. The highest BCUT2D eigenvalue weighted by molar-refractivity contribution is 7.98. The van der Waals surface area contributed by atoms with Crippen molar-refractivity contribution >= 4 is 17.7 Å². The molecule has 0 N–H and O–H groups in total. The van der Waals surface area contributed by atoms with Crippen molar-refractivity contribution in [2.24, 2.45) is 0 Å². The normalized spacial score (nSPS) is 18.7. The first-order valence-corrected chi connectivity index (χ1v) is 9.66. The van der Waals surface area contributed by atoms with Gasteiger partial charge in [-0.05, 0) is 43.0 Å². The molecule has 2 aliphatic rings. The lowest BCUT2D eigenvalue weighted by Gasteiger charge is -2.44. The Kier molecular flexibility index (Phi) is 4.25. The molecule has 0 radical (unpaired) electrons. The molecule has 1 spiro atoms. The third-order valence-corrected chi connectivity index (χ3v) is 5.59. The Labute approximate surface area is 151 Å². The van der Waals surface area contributed by atoms with Gasteiger partial charge in [0.2, 0.25) is 5.79 Å². The number of piperidine rings is 1. The summed E-state index contributed by atoms with van der Waals surface area (Å²) in [6.07, 6.45) is 4.90. The van der Waals surface area contributed by atoms with Crippen LogP contribution in [-0.4, -0.2) is 35.9 Å². The summed E-state index contributed by atoms with van der Waals surface area (Å²) < 4.78 is 17.6. The summed E-state index contributed by atoms with van der Waals surface area (Å²) >= 11 is 1.72. The fraction of sp³-hybridized carbons (Fsp3) is 0.421. The zero-order chi connectivity index (χ0) is 17.4. The van der Waals surface area contributed by atoms with Gasteiger partial charge in [-0.2, -0.15) is 0 Å². The van der Waals surface area contributed by atoms with Gasteiger partial charge in [0.25, 0.3) is 5.91 Å². The lowest BCUT2D eigenvalue weighted by molar-refractivity contribution is -0.225. The van der Waals surface area contributed by atoms with E-state index in [4.69, 9.17) is 13.9 Å². The third kappa shape index (κ3) is 3.04. The van der Waals surface area contributed by atoms with Crippen LogP contribution in [0.15, 0.2) is 39.8 Å². The minimum Gasteiger partial charge on any atom is -0.462 e. The van der Waals surface area contributed by atoms with E-state index in [1.807, 2.05) is 0 Å². The number of likely N-dealkylation sites (tertiary alicyclic amines) is 1. The summed E-state index contributed by atoms with van der Waals surface area (Å²) in [5, 5.41) is 0. The molecule has 0 unspecified atom stereocenters.